The van der Waals surface area contributed by atoms with Crippen LogP contribution in [0.3, 0.4) is 0 Å². The number of anilines is 1. The average Bonchev–Trinajstić information content (AvgIpc) is 2.97. The van der Waals surface area contributed by atoms with Crippen molar-refractivity contribution in [2.75, 3.05) is 18.0 Å². The van der Waals surface area contributed by atoms with Gasteiger partial charge in [-0.2, -0.15) is 4.98 Å². The van der Waals surface area contributed by atoms with Gasteiger partial charge < -0.3 is 9.80 Å². The molecule has 1 aromatic carbocycles. The van der Waals surface area contributed by atoms with E-state index in [0.29, 0.717) is 45.9 Å². The Hall–Kier alpha value is -3.63. The quantitative estimate of drug-likeness (QED) is 0.157. The van der Waals surface area contributed by atoms with E-state index in [-0.39, 0.29) is 46.1 Å². The van der Waals surface area contributed by atoms with Gasteiger partial charge in [-0.05, 0) is 77.5 Å². The molecule has 4 heterocycles. The molecule has 1 saturated heterocycles. The fraction of sp³-hybridized carbons (Fsp3) is 0.364. The fourth-order valence-corrected chi connectivity index (χ4v) is 6.54. The molecule has 44 heavy (non-hydrogen) atoms. The highest BCUT2D eigenvalue weighted by Crippen LogP contribution is 2.38. The van der Waals surface area contributed by atoms with Gasteiger partial charge in [0.15, 0.2) is 5.65 Å². The van der Waals surface area contributed by atoms with E-state index in [0.717, 1.165) is 5.56 Å². The lowest BCUT2D eigenvalue weighted by molar-refractivity contribution is -0.128. The smallest absolute Gasteiger partial charge is 0.349 e. The number of pyridine rings is 2. The molecule has 1 amide bonds. The van der Waals surface area contributed by atoms with Crippen LogP contribution in [0, 0.1) is 5.82 Å². The lowest BCUT2D eigenvalue weighted by Crippen LogP contribution is -2.58. The number of halogens is 3. The monoisotopic (exact) mass is 680 g/mol. The molecule has 2 atom stereocenters. The van der Waals surface area contributed by atoms with Gasteiger partial charge in [-0.15, -0.1) is 0 Å². The van der Waals surface area contributed by atoms with Crippen LogP contribution in [0.4, 0.5) is 10.2 Å². The van der Waals surface area contributed by atoms with Crippen molar-refractivity contribution in [3.8, 4) is 16.9 Å². The molecule has 230 valence electrons. The Morgan fingerprint density at radius 1 is 1.07 bits per heavy atom. The summed E-state index contributed by atoms with van der Waals surface area (Å²) >= 11 is 10.4. The van der Waals surface area contributed by atoms with Gasteiger partial charge in [-0.1, -0.05) is 58.0 Å². The highest BCUT2D eigenvalue weighted by Gasteiger charge is 2.34. The van der Waals surface area contributed by atoms with Crippen molar-refractivity contribution in [3.63, 3.8) is 0 Å². The van der Waals surface area contributed by atoms with Crippen LogP contribution in [-0.4, -0.2) is 55.5 Å². The number of carbonyl (C=O) groups is 1. The first-order valence-corrected chi connectivity index (χ1v) is 15.8. The van der Waals surface area contributed by atoms with Gasteiger partial charge in [0.2, 0.25) is 5.91 Å². The summed E-state index contributed by atoms with van der Waals surface area (Å²) < 4.78 is 17.3. The first-order chi connectivity index (χ1) is 20.8. The Labute approximate surface area is 269 Å². The summed E-state index contributed by atoms with van der Waals surface area (Å²) in [6.45, 7) is 16.5. The number of amides is 1. The fourth-order valence-electron chi connectivity index (χ4n) is 5.85. The molecular formula is C33H35BrClFN6O2. The number of carbonyl (C=O) groups excluding carboxylic acids is 1. The Balaban J connectivity index is 1.87. The number of piperazine rings is 1. The SMILES string of the molecule is C=CC(=O)N1C[C@H](C)N(c2nc(=O)n(-c3c(C(C)C)cc(Br)nc3C(C)C)c3nc(-c4ccccc4F)c(Cl)cc23)C[C@H]1C. The van der Waals surface area contributed by atoms with Crippen molar-refractivity contribution in [2.24, 2.45) is 0 Å². The number of hydrogen-bond donors (Lipinski definition) is 0. The van der Waals surface area contributed by atoms with Crippen LogP contribution >= 0.6 is 27.5 Å². The van der Waals surface area contributed by atoms with Crippen molar-refractivity contribution in [2.45, 2.75) is 65.5 Å². The van der Waals surface area contributed by atoms with Gasteiger partial charge in [0, 0.05) is 30.7 Å². The summed E-state index contributed by atoms with van der Waals surface area (Å²) in [5.41, 5.74) is 2.37. The molecule has 1 fully saturated rings. The van der Waals surface area contributed by atoms with Crippen LogP contribution in [0.2, 0.25) is 5.02 Å². The zero-order chi connectivity index (χ0) is 32.0. The van der Waals surface area contributed by atoms with Crippen molar-refractivity contribution in [1.29, 1.82) is 0 Å². The zero-order valence-corrected chi connectivity index (χ0v) is 27.9. The summed E-state index contributed by atoms with van der Waals surface area (Å²) in [6.07, 6.45) is 1.31. The van der Waals surface area contributed by atoms with E-state index in [9.17, 15) is 9.59 Å². The largest absolute Gasteiger partial charge is 0.355 e. The third kappa shape index (κ3) is 5.65. The Morgan fingerprint density at radius 2 is 1.77 bits per heavy atom. The Morgan fingerprint density at radius 3 is 2.41 bits per heavy atom. The minimum atomic E-state index is -0.542. The van der Waals surface area contributed by atoms with Crippen LogP contribution in [0.25, 0.3) is 28.0 Å². The van der Waals surface area contributed by atoms with E-state index in [1.807, 2.05) is 52.5 Å². The average molecular weight is 682 g/mol. The lowest BCUT2D eigenvalue weighted by Gasteiger charge is -2.44. The molecule has 1 aliphatic rings. The van der Waals surface area contributed by atoms with Crippen LogP contribution in [0.15, 0.2) is 58.5 Å². The van der Waals surface area contributed by atoms with Gasteiger partial charge in [0.1, 0.15) is 16.2 Å². The van der Waals surface area contributed by atoms with Crippen LogP contribution < -0.4 is 10.6 Å². The Kier molecular flexibility index (Phi) is 8.96. The highest BCUT2D eigenvalue weighted by molar-refractivity contribution is 9.10. The summed E-state index contributed by atoms with van der Waals surface area (Å²) in [6, 6.07) is 9.53. The van der Waals surface area contributed by atoms with Crippen LogP contribution in [-0.2, 0) is 4.79 Å². The van der Waals surface area contributed by atoms with E-state index in [1.54, 1.807) is 29.2 Å². The number of fused-ring (bicyclic) bond motifs is 1. The van der Waals surface area contributed by atoms with Gasteiger partial charge in [-0.3, -0.25) is 4.79 Å². The third-order valence-corrected chi connectivity index (χ3v) is 8.75. The van der Waals surface area contributed by atoms with Gasteiger partial charge in [-0.25, -0.2) is 23.7 Å². The molecule has 3 aromatic heterocycles. The minimum absolute atomic E-state index is 0.0260. The standard InChI is InChI=1S/C33H35BrClFN6O2/c1-8-27(43)40-15-20(7)41(16-19(40)6)31-23-13-24(35)29(21-11-9-10-12-25(21)36)38-32(23)42(33(44)39-31)30-22(17(2)3)14-26(34)37-28(30)18(4)5/h8-14,17-20H,1,15-16H2,2-7H3/t19-,20+/m1/s1. The molecule has 0 bridgehead atoms. The summed E-state index contributed by atoms with van der Waals surface area (Å²) in [7, 11) is 0. The molecule has 0 N–H and O–H groups in total. The molecule has 0 radical (unpaired) electrons. The van der Waals surface area contributed by atoms with Gasteiger partial charge >= 0.3 is 5.69 Å². The molecule has 11 heteroatoms. The molecule has 0 unspecified atom stereocenters. The van der Waals surface area contributed by atoms with Crippen LogP contribution in [0.5, 0.6) is 0 Å². The minimum Gasteiger partial charge on any atom is -0.349 e. The normalized spacial score (nSPS) is 17.2. The number of hydrogen-bond acceptors (Lipinski definition) is 6. The third-order valence-electron chi connectivity index (χ3n) is 8.06. The predicted molar refractivity (Wildman–Crippen MR) is 177 cm³/mol. The van der Waals surface area contributed by atoms with Crippen molar-refractivity contribution in [3.05, 3.63) is 86.2 Å². The van der Waals surface area contributed by atoms with E-state index < -0.39 is 11.5 Å². The summed E-state index contributed by atoms with van der Waals surface area (Å²) in [5, 5.41) is 0.753. The summed E-state index contributed by atoms with van der Waals surface area (Å²) in [4.78, 5) is 45.0. The number of aromatic nitrogens is 4. The van der Waals surface area contributed by atoms with Crippen molar-refractivity contribution >= 4 is 50.3 Å². The van der Waals surface area contributed by atoms with Crippen LogP contribution in [0.1, 0.15) is 64.6 Å². The second kappa shape index (κ2) is 12.4. The van der Waals surface area contributed by atoms with E-state index >= 15 is 4.39 Å². The molecular weight excluding hydrogens is 647 g/mol. The molecule has 5 rings (SSSR count). The predicted octanol–water partition coefficient (Wildman–Crippen LogP) is 7.26. The van der Waals surface area contributed by atoms with Crippen molar-refractivity contribution in [1.82, 2.24) is 24.4 Å². The zero-order valence-electron chi connectivity index (χ0n) is 25.6. The molecule has 0 saturated carbocycles. The second-order valence-electron chi connectivity index (χ2n) is 11.8. The molecule has 0 spiro atoms. The molecule has 4 aromatic rings. The molecule has 8 nitrogen and oxygen atoms in total. The van der Waals surface area contributed by atoms with Crippen molar-refractivity contribution < 1.29 is 9.18 Å². The Bertz CT molecular complexity index is 1810. The van der Waals surface area contributed by atoms with E-state index in [4.69, 9.17) is 21.6 Å². The lowest BCUT2D eigenvalue weighted by atomic mass is 9.97. The first-order valence-electron chi connectivity index (χ1n) is 14.6. The number of benzene rings is 1. The number of nitrogens with zero attached hydrogens (tertiary/aromatic N) is 6. The number of rotatable bonds is 6. The van der Waals surface area contributed by atoms with Gasteiger partial charge in [0.25, 0.3) is 0 Å². The first kappa shape index (κ1) is 31.8. The van der Waals surface area contributed by atoms with E-state index in [1.165, 1.54) is 16.7 Å². The maximum Gasteiger partial charge on any atom is 0.355 e. The van der Waals surface area contributed by atoms with E-state index in [2.05, 4.69) is 27.5 Å². The summed E-state index contributed by atoms with van der Waals surface area (Å²) in [5.74, 6) is -0.245. The maximum atomic E-state index is 15.1. The maximum absolute atomic E-state index is 15.1. The van der Waals surface area contributed by atoms with Gasteiger partial charge in [0.05, 0.1) is 27.5 Å². The molecule has 0 aliphatic carbocycles. The topological polar surface area (TPSA) is 84.2 Å². The molecule has 1 aliphatic heterocycles. The highest BCUT2D eigenvalue weighted by atomic mass is 79.9. The second-order valence-corrected chi connectivity index (χ2v) is 13.1.